The third-order valence-electron chi connectivity index (χ3n) is 4.85. The maximum absolute atomic E-state index is 12.6. The number of nitrogens with zero attached hydrogens (tertiary/aromatic N) is 2. The van der Waals surface area contributed by atoms with Crippen LogP contribution in [0, 0.1) is 20.8 Å². The van der Waals surface area contributed by atoms with Crippen molar-refractivity contribution in [1.29, 1.82) is 0 Å². The van der Waals surface area contributed by atoms with E-state index in [2.05, 4.69) is 5.32 Å². The molecular weight excluding hydrogens is 370 g/mol. The Morgan fingerprint density at radius 1 is 1.14 bits per heavy atom. The Kier molecular flexibility index (Phi) is 5.87. The number of benzene rings is 2. The lowest BCUT2D eigenvalue weighted by Gasteiger charge is -2.30. The van der Waals surface area contributed by atoms with E-state index in [1.807, 2.05) is 32.9 Å². The summed E-state index contributed by atoms with van der Waals surface area (Å²) in [7, 11) is 1.55. The van der Waals surface area contributed by atoms with Crippen LogP contribution in [0.2, 0.25) is 0 Å². The molecule has 7 nitrogen and oxygen atoms in total. The Morgan fingerprint density at radius 3 is 2.48 bits per heavy atom. The number of fused-ring (bicyclic) bond motifs is 1. The van der Waals surface area contributed by atoms with E-state index in [1.54, 1.807) is 31.3 Å². The van der Waals surface area contributed by atoms with Crippen LogP contribution in [0.25, 0.3) is 0 Å². The molecule has 7 heteroatoms. The number of ether oxygens (including phenoxy) is 1. The number of anilines is 2. The van der Waals surface area contributed by atoms with Crippen LogP contribution in [0.1, 0.15) is 16.7 Å². The standard InChI is InChI=1S/C22H25N3O4/c1-14-9-15(2)22(16(3)10-14)23-19(26)11-24(4)20(27)12-25-17-7-5-6-8-18(17)29-13-21(25)28/h5-10H,11-13H2,1-4H3,(H,23,26). The minimum Gasteiger partial charge on any atom is -0.482 e. The van der Waals surface area contributed by atoms with Gasteiger partial charge in [-0.25, -0.2) is 0 Å². The molecule has 0 saturated heterocycles. The molecular formula is C22H25N3O4. The van der Waals surface area contributed by atoms with Gasteiger partial charge in [-0.3, -0.25) is 19.3 Å². The first-order valence-corrected chi connectivity index (χ1v) is 9.40. The van der Waals surface area contributed by atoms with Crippen molar-refractivity contribution in [2.24, 2.45) is 0 Å². The second-order valence-corrected chi connectivity index (χ2v) is 7.31. The second kappa shape index (κ2) is 8.34. The number of aryl methyl sites for hydroxylation is 3. The topological polar surface area (TPSA) is 79.0 Å². The van der Waals surface area contributed by atoms with Crippen LogP contribution in [0.15, 0.2) is 36.4 Å². The van der Waals surface area contributed by atoms with Crippen LogP contribution in [0.3, 0.4) is 0 Å². The van der Waals surface area contributed by atoms with Gasteiger partial charge in [0.15, 0.2) is 6.61 Å². The molecule has 0 unspecified atom stereocenters. The molecule has 2 aromatic carbocycles. The van der Waals surface area contributed by atoms with Crippen molar-refractivity contribution < 1.29 is 19.1 Å². The molecule has 0 spiro atoms. The average molecular weight is 395 g/mol. The minimum absolute atomic E-state index is 0.105. The van der Waals surface area contributed by atoms with Gasteiger partial charge in [0.1, 0.15) is 12.3 Å². The summed E-state index contributed by atoms with van der Waals surface area (Å²) in [5, 5.41) is 2.89. The number of carbonyl (C=O) groups excluding carboxylic acids is 3. The van der Waals surface area contributed by atoms with Crippen molar-refractivity contribution >= 4 is 29.1 Å². The van der Waals surface area contributed by atoms with Crippen molar-refractivity contribution in [1.82, 2.24) is 4.90 Å². The molecule has 1 aliphatic heterocycles. The lowest BCUT2D eigenvalue weighted by atomic mass is 10.1. The molecule has 3 rings (SSSR count). The summed E-state index contributed by atoms with van der Waals surface area (Å²) >= 11 is 0. The van der Waals surface area contributed by atoms with E-state index in [4.69, 9.17) is 4.74 Å². The van der Waals surface area contributed by atoms with Crippen molar-refractivity contribution in [3.05, 3.63) is 53.1 Å². The van der Waals surface area contributed by atoms with Crippen LogP contribution in [-0.4, -0.2) is 49.4 Å². The smallest absolute Gasteiger partial charge is 0.265 e. The SMILES string of the molecule is Cc1cc(C)c(NC(=O)CN(C)C(=O)CN2C(=O)COc3ccccc32)c(C)c1. The van der Waals surface area contributed by atoms with Gasteiger partial charge in [0.2, 0.25) is 11.8 Å². The molecule has 0 fully saturated rings. The number of amides is 3. The quantitative estimate of drug-likeness (QED) is 0.843. The zero-order valence-corrected chi connectivity index (χ0v) is 17.1. The van der Waals surface area contributed by atoms with E-state index >= 15 is 0 Å². The minimum atomic E-state index is -0.331. The predicted octanol–water partition coefficient (Wildman–Crippen LogP) is 2.43. The summed E-state index contributed by atoms with van der Waals surface area (Å²) in [4.78, 5) is 40.1. The van der Waals surface area contributed by atoms with Crippen molar-refractivity contribution in [2.75, 3.05) is 37.0 Å². The molecule has 1 N–H and O–H groups in total. The van der Waals surface area contributed by atoms with Gasteiger partial charge < -0.3 is 15.0 Å². The van der Waals surface area contributed by atoms with Gasteiger partial charge in [-0.15, -0.1) is 0 Å². The molecule has 0 bridgehead atoms. The Bertz CT molecular complexity index is 947. The van der Waals surface area contributed by atoms with Crippen LogP contribution in [-0.2, 0) is 14.4 Å². The van der Waals surface area contributed by atoms with Crippen LogP contribution >= 0.6 is 0 Å². The van der Waals surface area contributed by atoms with Crippen molar-refractivity contribution in [3.63, 3.8) is 0 Å². The fraction of sp³-hybridized carbons (Fsp3) is 0.318. The van der Waals surface area contributed by atoms with E-state index < -0.39 is 0 Å². The molecule has 2 aromatic rings. The third-order valence-corrected chi connectivity index (χ3v) is 4.85. The highest BCUT2D eigenvalue weighted by molar-refractivity contribution is 6.03. The van der Waals surface area contributed by atoms with Gasteiger partial charge >= 0.3 is 0 Å². The fourth-order valence-electron chi connectivity index (χ4n) is 3.44. The molecule has 0 atom stereocenters. The Labute approximate surface area is 170 Å². The molecule has 0 aliphatic carbocycles. The largest absolute Gasteiger partial charge is 0.482 e. The molecule has 0 saturated carbocycles. The van der Waals surface area contributed by atoms with Gasteiger partial charge in [0.05, 0.1) is 12.2 Å². The fourth-order valence-corrected chi connectivity index (χ4v) is 3.44. The highest BCUT2D eigenvalue weighted by atomic mass is 16.5. The number of hydrogen-bond acceptors (Lipinski definition) is 4. The number of para-hydroxylation sites is 2. The number of rotatable bonds is 5. The van der Waals surface area contributed by atoms with Crippen LogP contribution < -0.4 is 15.0 Å². The molecule has 152 valence electrons. The van der Waals surface area contributed by atoms with Crippen molar-refractivity contribution in [3.8, 4) is 5.75 Å². The summed E-state index contributed by atoms with van der Waals surface area (Å²) in [6.07, 6.45) is 0. The lowest BCUT2D eigenvalue weighted by molar-refractivity contribution is -0.133. The Balaban J connectivity index is 1.64. The summed E-state index contributed by atoms with van der Waals surface area (Å²) in [6.45, 7) is 5.51. The zero-order chi connectivity index (χ0) is 21.1. The molecule has 3 amide bonds. The van der Waals surface area contributed by atoms with Gasteiger partial charge in [-0.05, 0) is 44.0 Å². The number of nitrogens with one attached hydrogen (secondary N) is 1. The van der Waals surface area contributed by atoms with E-state index in [1.165, 1.54) is 9.80 Å². The highest BCUT2D eigenvalue weighted by Crippen LogP contribution is 2.31. The predicted molar refractivity (Wildman–Crippen MR) is 111 cm³/mol. The second-order valence-electron chi connectivity index (χ2n) is 7.31. The third kappa shape index (κ3) is 4.56. The first-order valence-electron chi connectivity index (χ1n) is 9.40. The Morgan fingerprint density at radius 2 is 1.79 bits per heavy atom. The van der Waals surface area contributed by atoms with E-state index in [9.17, 15) is 14.4 Å². The Hall–Kier alpha value is -3.35. The van der Waals surface area contributed by atoms with Crippen LogP contribution in [0.5, 0.6) is 5.75 Å². The maximum atomic E-state index is 12.6. The molecule has 1 aliphatic rings. The van der Waals surface area contributed by atoms with E-state index in [-0.39, 0.29) is 37.4 Å². The number of carbonyl (C=O) groups is 3. The van der Waals surface area contributed by atoms with Crippen LogP contribution in [0.4, 0.5) is 11.4 Å². The first kappa shape index (κ1) is 20.4. The zero-order valence-electron chi connectivity index (χ0n) is 17.1. The maximum Gasteiger partial charge on any atom is 0.265 e. The van der Waals surface area contributed by atoms with Gasteiger partial charge in [0.25, 0.3) is 5.91 Å². The summed E-state index contributed by atoms with van der Waals surface area (Å²) in [5.74, 6) is -0.349. The van der Waals surface area contributed by atoms with Gasteiger partial charge in [-0.2, -0.15) is 0 Å². The molecule has 1 heterocycles. The highest BCUT2D eigenvalue weighted by Gasteiger charge is 2.28. The average Bonchev–Trinajstić information content (AvgIpc) is 2.66. The normalized spacial score (nSPS) is 12.8. The number of likely N-dealkylation sites (N-methyl/N-ethyl adjacent to an activating group) is 1. The van der Waals surface area contributed by atoms with E-state index in [0.717, 1.165) is 22.4 Å². The van der Waals surface area contributed by atoms with Gasteiger partial charge in [-0.1, -0.05) is 29.8 Å². The molecule has 0 radical (unpaired) electrons. The van der Waals surface area contributed by atoms with Crippen molar-refractivity contribution in [2.45, 2.75) is 20.8 Å². The molecule has 29 heavy (non-hydrogen) atoms. The summed E-state index contributed by atoms with van der Waals surface area (Å²) in [5.41, 5.74) is 4.39. The first-order chi connectivity index (χ1) is 13.8. The lowest BCUT2D eigenvalue weighted by Crippen LogP contribution is -2.46. The monoisotopic (exact) mass is 395 g/mol. The summed E-state index contributed by atoms with van der Waals surface area (Å²) < 4.78 is 5.39. The summed E-state index contributed by atoms with van der Waals surface area (Å²) in [6, 6.07) is 11.1. The number of hydrogen-bond donors (Lipinski definition) is 1. The van der Waals surface area contributed by atoms with E-state index in [0.29, 0.717) is 11.4 Å². The van der Waals surface area contributed by atoms with Gasteiger partial charge in [0, 0.05) is 12.7 Å². The molecule has 0 aromatic heterocycles.